The van der Waals surface area contributed by atoms with Crippen molar-refractivity contribution in [1.82, 2.24) is 9.97 Å². The average Bonchev–Trinajstić information content (AvgIpc) is 2.93. The molecule has 1 atom stereocenters. The smallest absolute Gasteiger partial charge is 0.348 e. The number of H-pyrrole nitrogens is 1. The van der Waals surface area contributed by atoms with Gasteiger partial charge in [-0.25, -0.2) is 4.98 Å². The van der Waals surface area contributed by atoms with Crippen LogP contribution in [0.25, 0.3) is 0 Å². The van der Waals surface area contributed by atoms with E-state index in [9.17, 15) is 18.0 Å². The number of halogens is 3. The van der Waals surface area contributed by atoms with E-state index in [1.54, 1.807) is 6.33 Å². The highest BCUT2D eigenvalue weighted by atomic mass is 19.4. The Morgan fingerprint density at radius 3 is 2.62 bits per heavy atom. The second-order valence-corrected chi connectivity index (χ2v) is 5.21. The largest absolute Gasteiger partial charge is 0.416 e. The van der Waals surface area contributed by atoms with E-state index in [-0.39, 0.29) is 11.7 Å². The molecule has 0 fully saturated rings. The predicted octanol–water partition coefficient (Wildman–Crippen LogP) is 3.42. The van der Waals surface area contributed by atoms with Gasteiger partial charge >= 0.3 is 6.18 Å². The zero-order valence-corrected chi connectivity index (χ0v) is 11.1. The van der Waals surface area contributed by atoms with Gasteiger partial charge < -0.3 is 4.98 Å². The summed E-state index contributed by atoms with van der Waals surface area (Å²) in [6, 6.07) is 4.42. The average molecular weight is 294 g/mol. The molecule has 1 unspecified atom stereocenters. The third-order valence-corrected chi connectivity index (χ3v) is 3.86. The number of imidazole rings is 1. The van der Waals surface area contributed by atoms with Crippen LogP contribution in [0.15, 0.2) is 30.6 Å². The molecule has 6 heteroatoms. The summed E-state index contributed by atoms with van der Waals surface area (Å²) in [6.07, 6.45) is -0.799. The molecule has 1 aliphatic carbocycles. The third kappa shape index (κ3) is 2.70. The minimum Gasteiger partial charge on any atom is -0.348 e. The molecule has 0 radical (unpaired) electrons. The normalized spacial score (nSPS) is 18.3. The zero-order chi connectivity index (χ0) is 15.0. The van der Waals surface area contributed by atoms with Gasteiger partial charge in [0, 0.05) is 23.6 Å². The maximum Gasteiger partial charge on any atom is 0.416 e. The number of carbonyl (C=O) groups is 1. The van der Waals surface area contributed by atoms with E-state index in [1.165, 1.54) is 12.1 Å². The Balaban J connectivity index is 1.77. The maximum atomic E-state index is 12.5. The second kappa shape index (κ2) is 5.02. The third-order valence-electron chi connectivity index (χ3n) is 3.86. The van der Waals surface area contributed by atoms with Crippen LogP contribution in [0.1, 0.15) is 33.7 Å². The highest BCUT2D eigenvalue weighted by Gasteiger charge is 2.31. The first-order valence-electron chi connectivity index (χ1n) is 6.68. The molecule has 1 aliphatic rings. The highest BCUT2D eigenvalue weighted by molar-refractivity contribution is 5.98. The molecule has 0 saturated carbocycles. The number of aromatic amines is 1. The minimum absolute atomic E-state index is 0.114. The fourth-order valence-corrected chi connectivity index (χ4v) is 2.68. The van der Waals surface area contributed by atoms with Crippen molar-refractivity contribution in [3.8, 4) is 0 Å². The number of carbonyl (C=O) groups excluding carboxylic acids is 1. The number of alkyl halides is 3. The first kappa shape index (κ1) is 13.9. The Morgan fingerprint density at radius 1 is 1.24 bits per heavy atom. The molecular weight excluding hydrogens is 281 g/mol. The molecule has 1 heterocycles. The molecule has 0 saturated heterocycles. The van der Waals surface area contributed by atoms with Crippen LogP contribution in [-0.2, 0) is 19.0 Å². The van der Waals surface area contributed by atoms with Crippen molar-refractivity contribution < 1.29 is 18.0 Å². The number of hydrogen-bond donors (Lipinski definition) is 1. The van der Waals surface area contributed by atoms with Crippen molar-refractivity contribution in [3.63, 3.8) is 0 Å². The summed E-state index contributed by atoms with van der Waals surface area (Å²) in [5.41, 5.74) is 1.52. The van der Waals surface area contributed by atoms with Crippen molar-refractivity contribution in [2.24, 2.45) is 5.92 Å². The van der Waals surface area contributed by atoms with Crippen molar-refractivity contribution in [2.45, 2.75) is 25.4 Å². The van der Waals surface area contributed by atoms with Crippen molar-refractivity contribution in [3.05, 3.63) is 53.1 Å². The number of nitrogens with zero attached hydrogens (tertiary/aromatic N) is 1. The number of ketones is 1. The zero-order valence-electron chi connectivity index (χ0n) is 11.1. The number of fused-ring (bicyclic) bond motifs is 1. The number of rotatable bonds is 2. The van der Waals surface area contributed by atoms with Crippen LogP contribution in [0.3, 0.4) is 0 Å². The van der Waals surface area contributed by atoms with Gasteiger partial charge in [-0.15, -0.1) is 0 Å². The molecule has 21 heavy (non-hydrogen) atoms. The van der Waals surface area contributed by atoms with Gasteiger partial charge in [0.1, 0.15) is 0 Å². The Morgan fingerprint density at radius 2 is 1.95 bits per heavy atom. The van der Waals surface area contributed by atoms with Crippen LogP contribution in [0.4, 0.5) is 13.2 Å². The number of aryl methyl sites for hydroxylation is 1. The van der Waals surface area contributed by atoms with Crippen molar-refractivity contribution in [2.75, 3.05) is 0 Å². The fourth-order valence-electron chi connectivity index (χ4n) is 2.68. The Kier molecular flexibility index (Phi) is 3.31. The first-order valence-corrected chi connectivity index (χ1v) is 6.68. The summed E-state index contributed by atoms with van der Waals surface area (Å²) >= 11 is 0. The molecule has 0 aliphatic heterocycles. The Labute approximate surface area is 119 Å². The predicted molar refractivity (Wildman–Crippen MR) is 69.9 cm³/mol. The van der Waals surface area contributed by atoms with Gasteiger partial charge in [-0.05, 0) is 25.0 Å². The van der Waals surface area contributed by atoms with E-state index in [2.05, 4.69) is 9.97 Å². The van der Waals surface area contributed by atoms with Crippen LogP contribution in [0.5, 0.6) is 0 Å². The SMILES string of the molecule is O=C(c1ccc(C(F)(F)F)cc1)C1CCc2[nH]cnc2C1. The lowest BCUT2D eigenvalue weighted by molar-refractivity contribution is -0.137. The number of benzene rings is 1. The van der Waals surface area contributed by atoms with E-state index in [0.717, 1.165) is 29.9 Å². The Hall–Kier alpha value is -2.11. The fraction of sp³-hybridized carbons (Fsp3) is 0.333. The van der Waals surface area contributed by atoms with Crippen LogP contribution in [-0.4, -0.2) is 15.8 Å². The molecule has 3 nitrogen and oxygen atoms in total. The topological polar surface area (TPSA) is 45.8 Å². The van der Waals surface area contributed by atoms with E-state index < -0.39 is 11.7 Å². The van der Waals surface area contributed by atoms with Gasteiger partial charge in [-0.1, -0.05) is 12.1 Å². The number of aromatic nitrogens is 2. The molecule has 0 spiro atoms. The van der Waals surface area contributed by atoms with Crippen LogP contribution in [0.2, 0.25) is 0 Å². The molecule has 3 rings (SSSR count). The molecule has 0 bridgehead atoms. The molecule has 2 aromatic rings. The van der Waals surface area contributed by atoms with E-state index in [0.29, 0.717) is 18.4 Å². The summed E-state index contributed by atoms with van der Waals surface area (Å²) in [6.45, 7) is 0. The van der Waals surface area contributed by atoms with E-state index in [1.807, 2.05) is 0 Å². The monoisotopic (exact) mass is 294 g/mol. The highest BCUT2D eigenvalue weighted by Crippen LogP contribution is 2.30. The van der Waals surface area contributed by atoms with Gasteiger partial charge in [-0.3, -0.25) is 4.79 Å². The maximum absolute atomic E-state index is 12.5. The summed E-state index contributed by atoms with van der Waals surface area (Å²) in [5.74, 6) is -0.324. The molecular formula is C15H13F3N2O. The first-order chi connectivity index (χ1) is 9.95. The molecule has 1 N–H and O–H groups in total. The lowest BCUT2D eigenvalue weighted by Gasteiger charge is -2.20. The standard InChI is InChI=1S/C15H13F3N2O/c16-15(17,18)11-4-1-9(2-5-11)14(21)10-3-6-12-13(7-10)20-8-19-12/h1-2,4-5,8,10H,3,6-7H2,(H,19,20). The summed E-state index contributed by atoms with van der Waals surface area (Å²) in [5, 5.41) is 0. The minimum atomic E-state index is -4.38. The van der Waals surface area contributed by atoms with Crippen LogP contribution in [0, 0.1) is 5.92 Å². The van der Waals surface area contributed by atoms with Crippen LogP contribution < -0.4 is 0 Å². The quantitative estimate of drug-likeness (QED) is 0.863. The van der Waals surface area contributed by atoms with Crippen molar-refractivity contribution >= 4 is 5.78 Å². The molecule has 0 amide bonds. The van der Waals surface area contributed by atoms with Gasteiger partial charge in [0.15, 0.2) is 5.78 Å². The van der Waals surface area contributed by atoms with E-state index in [4.69, 9.17) is 0 Å². The van der Waals surface area contributed by atoms with E-state index >= 15 is 0 Å². The molecule has 1 aromatic carbocycles. The molecule has 1 aromatic heterocycles. The van der Waals surface area contributed by atoms with Gasteiger partial charge in [0.2, 0.25) is 0 Å². The Bertz CT molecular complexity index is 658. The summed E-state index contributed by atoms with van der Waals surface area (Å²) in [4.78, 5) is 19.6. The second-order valence-electron chi connectivity index (χ2n) is 5.21. The van der Waals surface area contributed by atoms with Gasteiger partial charge in [-0.2, -0.15) is 13.2 Å². The number of Topliss-reactive ketones (excluding diaryl/α,β-unsaturated/α-hetero) is 1. The van der Waals surface area contributed by atoms with Crippen molar-refractivity contribution in [1.29, 1.82) is 0 Å². The van der Waals surface area contributed by atoms with Gasteiger partial charge in [0.05, 0.1) is 17.6 Å². The lowest BCUT2D eigenvalue weighted by atomic mass is 9.84. The van der Waals surface area contributed by atoms with Gasteiger partial charge in [0.25, 0.3) is 0 Å². The summed E-state index contributed by atoms with van der Waals surface area (Å²) in [7, 11) is 0. The number of hydrogen-bond acceptors (Lipinski definition) is 2. The van der Waals surface area contributed by atoms with Crippen LogP contribution >= 0.6 is 0 Å². The summed E-state index contributed by atoms with van der Waals surface area (Å²) < 4.78 is 37.5. The lowest BCUT2D eigenvalue weighted by Crippen LogP contribution is -2.23. The number of nitrogens with one attached hydrogen (secondary N) is 1. The molecule has 110 valence electrons.